The highest BCUT2D eigenvalue weighted by atomic mass is 17.2. The van der Waals surface area contributed by atoms with Crippen molar-refractivity contribution in [3.63, 3.8) is 0 Å². The summed E-state index contributed by atoms with van der Waals surface area (Å²) in [7, 11) is 1.48. The van der Waals surface area contributed by atoms with Crippen molar-refractivity contribution >= 4 is 17.9 Å². The quantitative estimate of drug-likeness (QED) is 0.0342. The monoisotopic (exact) mass is 656 g/mol. The van der Waals surface area contributed by atoms with E-state index in [-0.39, 0.29) is 48.4 Å². The summed E-state index contributed by atoms with van der Waals surface area (Å²) >= 11 is 0. The molecular weight excluding hydrogens is 596 g/mol. The third-order valence-electron chi connectivity index (χ3n) is 10.4. The van der Waals surface area contributed by atoms with Crippen molar-refractivity contribution in [1.82, 2.24) is 0 Å². The van der Waals surface area contributed by atoms with Gasteiger partial charge < -0.3 is 19.1 Å². The van der Waals surface area contributed by atoms with Crippen LogP contribution in [0.2, 0.25) is 0 Å². The van der Waals surface area contributed by atoms with E-state index in [0.717, 1.165) is 82.6 Å². The molecule has 8 heteroatoms. The number of benzene rings is 1. The van der Waals surface area contributed by atoms with Crippen molar-refractivity contribution in [3.05, 3.63) is 46.7 Å². The number of carbonyl (C=O) groups excluding carboxylic acids is 3. The smallest absolute Gasteiger partial charge is 0.338 e. The van der Waals surface area contributed by atoms with E-state index >= 15 is 0 Å². The van der Waals surface area contributed by atoms with Gasteiger partial charge in [-0.3, -0.25) is 9.59 Å². The van der Waals surface area contributed by atoms with Gasteiger partial charge in [-0.25, -0.2) is 4.79 Å². The summed E-state index contributed by atoms with van der Waals surface area (Å²) in [5.41, 5.74) is 3.33. The molecule has 0 heterocycles. The van der Waals surface area contributed by atoms with E-state index < -0.39 is 5.41 Å². The van der Waals surface area contributed by atoms with Crippen LogP contribution in [-0.4, -0.2) is 44.8 Å². The minimum atomic E-state index is -0.532. The van der Waals surface area contributed by atoms with Crippen molar-refractivity contribution in [2.45, 2.75) is 142 Å². The number of aryl methyl sites for hydroxylation is 1. The highest BCUT2D eigenvalue weighted by Gasteiger charge is 2.55. The van der Waals surface area contributed by atoms with E-state index in [2.05, 4.69) is 53.3 Å². The second-order valence-electron chi connectivity index (χ2n) is 14.3. The number of allylic oxidation sites excluding steroid dienone is 1. The molecule has 3 rings (SSSR count). The minimum Gasteiger partial charge on any atom is -0.469 e. The average Bonchev–Trinajstić information content (AvgIpc) is 3.04. The van der Waals surface area contributed by atoms with Gasteiger partial charge in [0.25, 0.3) is 0 Å². The molecular formula is C39H60O8. The Hall–Kier alpha value is -2.87. The van der Waals surface area contributed by atoms with Gasteiger partial charge in [0.2, 0.25) is 0 Å². The van der Waals surface area contributed by atoms with Crippen LogP contribution in [0.5, 0.6) is 0 Å². The number of unbranched alkanes of at least 4 members (excludes halogenated alkanes) is 5. The molecule has 0 spiro atoms. The molecule has 0 bridgehead atoms. The van der Waals surface area contributed by atoms with Gasteiger partial charge in [0.05, 0.1) is 37.9 Å². The van der Waals surface area contributed by atoms with Gasteiger partial charge in [0, 0.05) is 19.3 Å². The molecule has 1 aromatic carbocycles. The van der Waals surface area contributed by atoms with Crippen LogP contribution in [0.3, 0.4) is 0 Å². The van der Waals surface area contributed by atoms with Crippen LogP contribution in [0.1, 0.15) is 157 Å². The van der Waals surface area contributed by atoms with Gasteiger partial charge >= 0.3 is 17.9 Å². The third-order valence-corrected chi connectivity index (χ3v) is 10.4. The fraction of sp³-hybridized carbons (Fsp3) is 0.718. The molecule has 0 saturated heterocycles. The number of ether oxygens (including phenoxy) is 3. The SMILES string of the molecule is C=C(CCCCCCCC(=O)OCCCC)OOCCCOC(=O)c1cc2c(cc1C(C)C)CCC1C(C)(C(=O)OC)CCCC21C. The first-order valence-electron chi connectivity index (χ1n) is 18.0. The molecule has 0 aromatic heterocycles. The fourth-order valence-electron chi connectivity index (χ4n) is 7.72. The maximum absolute atomic E-state index is 13.4. The molecule has 8 nitrogen and oxygen atoms in total. The first-order valence-corrected chi connectivity index (χ1v) is 18.0. The number of methoxy groups -OCH3 is 1. The van der Waals surface area contributed by atoms with Crippen molar-refractivity contribution in [2.75, 3.05) is 26.9 Å². The Balaban J connectivity index is 1.41. The Morgan fingerprint density at radius 1 is 0.915 bits per heavy atom. The summed E-state index contributed by atoms with van der Waals surface area (Å²) in [4.78, 5) is 48.7. The van der Waals surface area contributed by atoms with Gasteiger partial charge in [0.1, 0.15) is 5.76 Å². The third kappa shape index (κ3) is 10.3. The summed E-state index contributed by atoms with van der Waals surface area (Å²) in [6.07, 6.45) is 13.1. The number of hydrogen-bond acceptors (Lipinski definition) is 8. The van der Waals surface area contributed by atoms with Crippen LogP contribution in [0, 0.1) is 11.3 Å². The normalized spacial score (nSPS) is 21.8. The van der Waals surface area contributed by atoms with Crippen molar-refractivity contribution in [2.24, 2.45) is 11.3 Å². The Morgan fingerprint density at radius 2 is 1.62 bits per heavy atom. The van der Waals surface area contributed by atoms with Gasteiger partial charge in [-0.15, -0.1) is 0 Å². The fourth-order valence-corrected chi connectivity index (χ4v) is 7.72. The van der Waals surface area contributed by atoms with Gasteiger partial charge in [-0.1, -0.05) is 72.4 Å². The molecule has 0 N–H and O–H groups in total. The first-order chi connectivity index (χ1) is 22.5. The van der Waals surface area contributed by atoms with Crippen molar-refractivity contribution in [1.29, 1.82) is 0 Å². The Morgan fingerprint density at radius 3 is 2.32 bits per heavy atom. The van der Waals surface area contributed by atoms with E-state index in [1.165, 1.54) is 18.2 Å². The highest BCUT2D eigenvalue weighted by Crippen LogP contribution is 2.58. The Kier molecular flexibility index (Phi) is 15.3. The Labute approximate surface area is 283 Å². The van der Waals surface area contributed by atoms with Crippen LogP contribution in [0.25, 0.3) is 0 Å². The molecule has 3 unspecified atom stereocenters. The molecule has 1 fully saturated rings. The summed E-state index contributed by atoms with van der Waals surface area (Å²) < 4.78 is 16.2. The van der Waals surface area contributed by atoms with Gasteiger partial charge in [-0.2, -0.15) is 4.89 Å². The molecule has 3 atom stereocenters. The van der Waals surface area contributed by atoms with Gasteiger partial charge in [-0.05, 0) is 91.9 Å². The zero-order valence-corrected chi connectivity index (χ0v) is 30.0. The van der Waals surface area contributed by atoms with Crippen molar-refractivity contribution in [3.8, 4) is 0 Å². The first kappa shape index (κ1) is 38.6. The van der Waals surface area contributed by atoms with Crippen molar-refractivity contribution < 1.29 is 38.4 Å². The molecule has 0 radical (unpaired) electrons. The lowest BCUT2D eigenvalue weighted by Crippen LogP contribution is -2.52. The average molecular weight is 657 g/mol. The number of hydrogen-bond donors (Lipinski definition) is 0. The lowest BCUT2D eigenvalue weighted by atomic mass is 9.49. The predicted octanol–water partition coefficient (Wildman–Crippen LogP) is 9.08. The largest absolute Gasteiger partial charge is 0.469 e. The summed E-state index contributed by atoms with van der Waals surface area (Å²) in [6.45, 7) is 15.6. The maximum atomic E-state index is 13.4. The summed E-state index contributed by atoms with van der Waals surface area (Å²) in [5.74, 6) is 0.352. The van der Waals surface area contributed by atoms with Crippen LogP contribution >= 0.6 is 0 Å². The summed E-state index contributed by atoms with van der Waals surface area (Å²) in [6, 6.07) is 4.27. The number of rotatable bonds is 20. The molecule has 0 aliphatic heterocycles. The van der Waals surface area contributed by atoms with E-state index in [1.807, 2.05) is 0 Å². The minimum absolute atomic E-state index is 0.0938. The molecule has 264 valence electrons. The zero-order valence-electron chi connectivity index (χ0n) is 30.0. The predicted molar refractivity (Wildman–Crippen MR) is 183 cm³/mol. The highest BCUT2D eigenvalue weighted by molar-refractivity contribution is 5.92. The lowest BCUT2D eigenvalue weighted by molar-refractivity contribution is -0.264. The number of fused-ring (bicyclic) bond motifs is 3. The van der Waals surface area contributed by atoms with Crippen LogP contribution in [0.15, 0.2) is 24.5 Å². The standard InChI is InChI=1S/C39H60O8/c1-8-9-23-44-35(40)18-14-12-10-11-13-17-29(4)47-46-25-16-24-45-36(41)32-27-33-30(26-31(32)28(2)3)19-20-34-38(33,5)21-15-22-39(34,6)37(42)43-7/h26-28,34H,4,8-25H2,1-3,5-7H3. The summed E-state index contributed by atoms with van der Waals surface area (Å²) in [5, 5.41) is 0. The second kappa shape index (κ2) is 18.6. The number of carbonyl (C=O) groups is 3. The van der Waals surface area contributed by atoms with Crippen LogP contribution in [-0.2, 0) is 45.4 Å². The molecule has 1 aromatic rings. The molecule has 47 heavy (non-hydrogen) atoms. The van der Waals surface area contributed by atoms with Crippen LogP contribution in [0.4, 0.5) is 0 Å². The number of esters is 3. The maximum Gasteiger partial charge on any atom is 0.338 e. The second-order valence-corrected chi connectivity index (χ2v) is 14.3. The van der Waals surface area contributed by atoms with Crippen LogP contribution < -0.4 is 0 Å². The zero-order chi connectivity index (χ0) is 34.5. The van der Waals surface area contributed by atoms with Gasteiger partial charge in [0.15, 0.2) is 0 Å². The Bertz CT molecular complexity index is 1210. The van der Waals surface area contributed by atoms with E-state index in [1.54, 1.807) is 0 Å². The molecule has 2 aliphatic carbocycles. The van der Waals surface area contributed by atoms with E-state index in [0.29, 0.717) is 37.2 Å². The molecule has 2 aliphatic rings. The van der Waals surface area contributed by atoms with E-state index in [4.69, 9.17) is 24.0 Å². The lowest BCUT2D eigenvalue weighted by Gasteiger charge is -2.54. The van der Waals surface area contributed by atoms with E-state index in [9.17, 15) is 14.4 Å². The molecule has 0 amide bonds. The molecule has 1 saturated carbocycles. The topological polar surface area (TPSA) is 97.4 Å².